The molecule has 6 N–H and O–H groups in total. The van der Waals surface area contributed by atoms with Crippen molar-refractivity contribution < 1.29 is 44.1 Å². The number of nitrogens with one attached hydrogen (secondary N) is 3. The molecule has 1 aromatic rings. The molecule has 0 saturated carbocycles. The van der Waals surface area contributed by atoms with Crippen LogP contribution < -0.4 is 16.0 Å². The fraction of sp³-hybridized carbons (Fsp3) is 0.455. The summed E-state index contributed by atoms with van der Waals surface area (Å²) < 4.78 is 0. The molecule has 0 bridgehead atoms. The second-order valence-corrected chi connectivity index (χ2v) is 7.60. The monoisotopic (exact) mass is 494 g/mol. The van der Waals surface area contributed by atoms with Gasteiger partial charge in [0.05, 0.1) is 6.21 Å². The first-order chi connectivity index (χ1) is 16.6. The highest BCUT2D eigenvalue weighted by atomic mass is 16.6. The topological polar surface area (TPSA) is 204 Å². The Hall–Kier alpha value is -4.16. The average Bonchev–Trinajstić information content (AvgIpc) is 2.79. The van der Waals surface area contributed by atoms with Gasteiger partial charge in [-0.05, 0) is 38.2 Å². The number of benzene rings is 1. The first-order valence-electron chi connectivity index (χ1n) is 10.8. The molecule has 1 rings (SSSR count). The first kappa shape index (κ1) is 28.9. The number of rotatable bonds is 16. The quantitative estimate of drug-likeness (QED) is 0.109. The largest absolute Gasteiger partial charge is 0.481 e. The van der Waals surface area contributed by atoms with Gasteiger partial charge >= 0.3 is 23.9 Å². The van der Waals surface area contributed by atoms with Gasteiger partial charge in [-0.3, -0.25) is 9.59 Å². The van der Waals surface area contributed by atoms with Crippen molar-refractivity contribution in [1.29, 1.82) is 0 Å². The highest BCUT2D eigenvalue weighted by molar-refractivity contribution is 5.86. The van der Waals surface area contributed by atoms with Gasteiger partial charge in [0.2, 0.25) is 0 Å². The highest BCUT2D eigenvalue weighted by Crippen LogP contribution is 2.03. The molecule has 0 aliphatic carbocycles. The normalized spacial score (nSPS) is 12.4. The van der Waals surface area contributed by atoms with E-state index in [1.54, 1.807) is 0 Å². The number of urea groups is 1. The number of aryl methyl sites for hydroxylation is 1. The zero-order valence-electron chi connectivity index (χ0n) is 19.2. The molecular weight excluding hydrogens is 464 g/mol. The van der Waals surface area contributed by atoms with Crippen molar-refractivity contribution in [2.75, 3.05) is 13.2 Å². The van der Waals surface area contributed by atoms with Gasteiger partial charge in [-0.25, -0.2) is 14.4 Å². The molecule has 0 aromatic heterocycles. The number of aliphatic carboxylic acids is 3. The molecule has 1 aromatic carbocycles. The van der Waals surface area contributed by atoms with Crippen molar-refractivity contribution in [1.82, 2.24) is 16.0 Å². The number of carboxylic acids is 3. The molecule has 0 saturated heterocycles. The number of oxime groups is 1. The maximum atomic E-state index is 11.9. The number of amides is 3. The van der Waals surface area contributed by atoms with Crippen LogP contribution in [0.4, 0.5) is 4.79 Å². The lowest BCUT2D eigenvalue weighted by atomic mass is 10.1. The van der Waals surface area contributed by atoms with Crippen LogP contribution in [0.3, 0.4) is 0 Å². The summed E-state index contributed by atoms with van der Waals surface area (Å²) in [6, 6.07) is 3.75. The van der Waals surface area contributed by atoms with Crippen LogP contribution in [0, 0.1) is 6.92 Å². The summed E-state index contributed by atoms with van der Waals surface area (Å²) in [6.45, 7) is 1.92. The molecule has 2 unspecified atom stereocenters. The number of hydrogen-bond donors (Lipinski definition) is 6. The van der Waals surface area contributed by atoms with Crippen LogP contribution in [0.1, 0.15) is 43.2 Å². The summed E-state index contributed by atoms with van der Waals surface area (Å²) in [7, 11) is 0. The Bertz CT molecular complexity index is 903. The van der Waals surface area contributed by atoms with Gasteiger partial charge in [-0.15, -0.1) is 0 Å². The Labute approximate surface area is 201 Å². The van der Waals surface area contributed by atoms with E-state index >= 15 is 0 Å². The molecule has 0 fully saturated rings. The molecule has 35 heavy (non-hydrogen) atoms. The van der Waals surface area contributed by atoms with Gasteiger partial charge in [0.15, 0.2) is 6.61 Å². The van der Waals surface area contributed by atoms with Gasteiger partial charge in [-0.1, -0.05) is 35.0 Å². The zero-order valence-corrected chi connectivity index (χ0v) is 19.2. The van der Waals surface area contributed by atoms with Crippen molar-refractivity contribution in [3.05, 3.63) is 35.4 Å². The number of carboxylic acid groups (broad SMARTS) is 3. The maximum absolute atomic E-state index is 11.9. The van der Waals surface area contributed by atoms with E-state index in [1.807, 2.05) is 31.2 Å². The van der Waals surface area contributed by atoms with Crippen molar-refractivity contribution >= 4 is 36.1 Å². The van der Waals surface area contributed by atoms with Crippen LogP contribution >= 0.6 is 0 Å². The van der Waals surface area contributed by atoms with Crippen LogP contribution in [0.15, 0.2) is 29.4 Å². The van der Waals surface area contributed by atoms with E-state index in [1.165, 1.54) is 6.21 Å². The Morgan fingerprint density at radius 1 is 0.943 bits per heavy atom. The van der Waals surface area contributed by atoms with Crippen molar-refractivity contribution in [3.8, 4) is 0 Å². The van der Waals surface area contributed by atoms with Crippen molar-refractivity contribution in [2.24, 2.45) is 5.16 Å². The average molecular weight is 495 g/mol. The minimum absolute atomic E-state index is 0.0306. The first-order valence-corrected chi connectivity index (χ1v) is 10.8. The number of unbranched alkanes of at least 4 members (excludes halogenated alkanes) is 1. The van der Waals surface area contributed by atoms with E-state index in [-0.39, 0.29) is 26.0 Å². The van der Waals surface area contributed by atoms with Crippen molar-refractivity contribution in [2.45, 2.75) is 51.1 Å². The molecule has 192 valence electrons. The van der Waals surface area contributed by atoms with E-state index in [0.29, 0.717) is 12.8 Å². The smallest absolute Gasteiger partial charge is 0.326 e. The van der Waals surface area contributed by atoms with Crippen LogP contribution in [-0.2, 0) is 24.0 Å². The fourth-order valence-electron chi connectivity index (χ4n) is 2.74. The van der Waals surface area contributed by atoms with Gasteiger partial charge in [0.25, 0.3) is 5.91 Å². The van der Waals surface area contributed by atoms with Crippen LogP contribution in [0.25, 0.3) is 0 Å². The van der Waals surface area contributed by atoms with E-state index < -0.39 is 48.4 Å². The molecule has 13 heteroatoms. The van der Waals surface area contributed by atoms with Crippen LogP contribution in [0.2, 0.25) is 0 Å². The molecule has 3 amide bonds. The van der Waals surface area contributed by atoms with E-state index in [9.17, 15) is 29.1 Å². The standard InChI is InChI=1S/C22H30N4O9/c1-14-5-7-15(8-6-14)12-24-35-13-18(27)23-11-3-2-4-16(20(30)31)25-22(34)26-17(21(32)33)9-10-19(28)29/h5-8,12,16-17H,2-4,9-11,13H2,1H3,(H,23,27)(H,28,29)(H,30,31)(H,32,33)(H2,25,26,34). The Morgan fingerprint density at radius 2 is 1.54 bits per heavy atom. The van der Waals surface area contributed by atoms with Crippen LogP contribution in [0.5, 0.6) is 0 Å². The molecule has 2 atom stereocenters. The van der Waals surface area contributed by atoms with Gasteiger partial charge in [-0.2, -0.15) is 0 Å². The highest BCUT2D eigenvalue weighted by Gasteiger charge is 2.24. The summed E-state index contributed by atoms with van der Waals surface area (Å²) in [5.74, 6) is -4.38. The number of carbonyl (C=O) groups excluding carboxylic acids is 2. The molecule has 0 aliphatic heterocycles. The zero-order chi connectivity index (χ0) is 26.2. The van der Waals surface area contributed by atoms with Crippen LogP contribution in [-0.4, -0.2) is 76.6 Å². The Kier molecular flexibility index (Phi) is 12.9. The van der Waals surface area contributed by atoms with E-state index in [0.717, 1.165) is 11.1 Å². The van der Waals surface area contributed by atoms with E-state index in [4.69, 9.17) is 15.1 Å². The molecular formula is C22H30N4O9. The number of hydrogen-bond acceptors (Lipinski definition) is 7. The summed E-state index contributed by atoms with van der Waals surface area (Å²) >= 11 is 0. The lowest BCUT2D eigenvalue weighted by Crippen LogP contribution is -2.51. The molecule has 13 nitrogen and oxygen atoms in total. The summed E-state index contributed by atoms with van der Waals surface area (Å²) in [5.41, 5.74) is 1.93. The predicted molar refractivity (Wildman–Crippen MR) is 123 cm³/mol. The van der Waals surface area contributed by atoms with Gasteiger partial charge < -0.3 is 36.1 Å². The minimum Gasteiger partial charge on any atom is -0.481 e. The maximum Gasteiger partial charge on any atom is 0.326 e. The third-order valence-electron chi connectivity index (χ3n) is 4.64. The third-order valence-corrected chi connectivity index (χ3v) is 4.64. The summed E-state index contributed by atoms with van der Waals surface area (Å²) in [6.07, 6.45) is 1.44. The van der Waals surface area contributed by atoms with Gasteiger partial charge in [0, 0.05) is 13.0 Å². The molecule has 0 aliphatic rings. The third kappa shape index (κ3) is 13.2. The second kappa shape index (κ2) is 15.6. The fourth-order valence-corrected chi connectivity index (χ4v) is 2.74. The lowest BCUT2D eigenvalue weighted by Gasteiger charge is -2.18. The minimum atomic E-state index is -1.47. The Balaban J connectivity index is 2.29. The number of carbonyl (C=O) groups is 5. The number of nitrogens with zero attached hydrogens (tertiary/aromatic N) is 1. The summed E-state index contributed by atoms with van der Waals surface area (Å²) in [5, 5.41) is 37.5. The predicted octanol–water partition coefficient (Wildman–Crippen LogP) is 0.702. The second-order valence-electron chi connectivity index (χ2n) is 7.60. The lowest BCUT2D eigenvalue weighted by molar-refractivity contribution is -0.140. The van der Waals surface area contributed by atoms with Gasteiger partial charge in [0.1, 0.15) is 12.1 Å². The molecule has 0 radical (unpaired) electrons. The SMILES string of the molecule is Cc1ccc(C=NOCC(=O)NCCCCC(NC(=O)NC(CCC(=O)O)C(=O)O)C(=O)O)cc1. The molecule has 0 heterocycles. The summed E-state index contributed by atoms with van der Waals surface area (Å²) in [4.78, 5) is 61.7. The van der Waals surface area contributed by atoms with Crippen molar-refractivity contribution in [3.63, 3.8) is 0 Å². The van der Waals surface area contributed by atoms with E-state index in [2.05, 4.69) is 21.1 Å². The molecule has 0 spiro atoms. The Morgan fingerprint density at radius 3 is 2.11 bits per heavy atom.